The lowest BCUT2D eigenvalue weighted by Gasteiger charge is -2.08. The molecule has 0 amide bonds. The van der Waals surface area contributed by atoms with E-state index >= 15 is 0 Å². The van der Waals surface area contributed by atoms with Gasteiger partial charge in [0.15, 0.2) is 11.5 Å². The normalized spacial score (nSPS) is 16.7. The van der Waals surface area contributed by atoms with Crippen LogP contribution in [0.25, 0.3) is 5.65 Å². The summed E-state index contributed by atoms with van der Waals surface area (Å²) >= 11 is 5.72. The SMILES string of the molecule is FC(F)(F)c1ccn2nc(C3CC3)nc2c1Cl. The first kappa shape index (κ1) is 10.8. The van der Waals surface area contributed by atoms with Crippen LogP contribution >= 0.6 is 11.6 Å². The minimum Gasteiger partial charge on any atom is -0.219 e. The first-order valence-electron chi connectivity index (χ1n) is 5.09. The van der Waals surface area contributed by atoms with Crippen molar-refractivity contribution in [3.8, 4) is 0 Å². The van der Waals surface area contributed by atoms with E-state index in [4.69, 9.17) is 11.6 Å². The third-order valence-corrected chi connectivity index (χ3v) is 3.08. The van der Waals surface area contributed by atoms with E-state index in [1.807, 2.05) is 0 Å². The largest absolute Gasteiger partial charge is 0.418 e. The van der Waals surface area contributed by atoms with E-state index in [9.17, 15) is 13.2 Å². The number of rotatable bonds is 1. The first-order valence-corrected chi connectivity index (χ1v) is 5.46. The predicted molar refractivity (Wildman–Crippen MR) is 55.0 cm³/mol. The van der Waals surface area contributed by atoms with Crippen LogP contribution < -0.4 is 0 Å². The van der Waals surface area contributed by atoms with Gasteiger partial charge in [0.05, 0.1) is 10.6 Å². The van der Waals surface area contributed by atoms with Gasteiger partial charge in [0.25, 0.3) is 0 Å². The summed E-state index contributed by atoms with van der Waals surface area (Å²) in [6, 6.07) is 0.917. The molecule has 90 valence electrons. The maximum absolute atomic E-state index is 12.6. The number of alkyl halides is 3. The summed E-state index contributed by atoms with van der Waals surface area (Å²) in [5.74, 6) is 0.853. The monoisotopic (exact) mass is 261 g/mol. The molecule has 17 heavy (non-hydrogen) atoms. The summed E-state index contributed by atoms with van der Waals surface area (Å²) in [6.07, 6.45) is -1.26. The second-order valence-corrected chi connectivity index (χ2v) is 4.43. The number of fused-ring (bicyclic) bond motifs is 1. The molecule has 0 radical (unpaired) electrons. The summed E-state index contributed by atoms with van der Waals surface area (Å²) in [7, 11) is 0. The molecule has 2 aromatic heterocycles. The number of hydrogen-bond donors (Lipinski definition) is 0. The predicted octanol–water partition coefficient (Wildman–Crippen LogP) is 3.28. The van der Waals surface area contributed by atoms with Crippen LogP contribution in [0.5, 0.6) is 0 Å². The van der Waals surface area contributed by atoms with Crippen LogP contribution in [0.4, 0.5) is 13.2 Å². The Morgan fingerprint density at radius 1 is 1.35 bits per heavy atom. The Labute approximate surface area is 99.2 Å². The fourth-order valence-electron chi connectivity index (χ4n) is 1.67. The molecular formula is C10H7ClF3N3. The van der Waals surface area contributed by atoms with Gasteiger partial charge in [-0.05, 0) is 18.9 Å². The van der Waals surface area contributed by atoms with Crippen molar-refractivity contribution in [2.45, 2.75) is 24.9 Å². The smallest absolute Gasteiger partial charge is 0.219 e. The number of pyridine rings is 1. The van der Waals surface area contributed by atoms with Gasteiger partial charge >= 0.3 is 6.18 Å². The second kappa shape index (κ2) is 3.35. The molecule has 0 saturated heterocycles. The highest BCUT2D eigenvalue weighted by atomic mass is 35.5. The molecule has 1 aliphatic rings. The molecular weight excluding hydrogens is 255 g/mol. The summed E-state index contributed by atoms with van der Waals surface area (Å²) in [6.45, 7) is 0. The van der Waals surface area contributed by atoms with Gasteiger partial charge in [-0.25, -0.2) is 9.50 Å². The fraction of sp³-hybridized carbons (Fsp3) is 0.400. The Hall–Kier alpha value is -1.30. The van der Waals surface area contributed by atoms with E-state index in [-0.39, 0.29) is 16.6 Å². The number of nitrogens with zero attached hydrogens (tertiary/aromatic N) is 3. The highest BCUT2D eigenvalue weighted by Gasteiger charge is 2.35. The standard InChI is InChI=1S/C10H7ClF3N3/c11-7-6(10(12,13)14)3-4-17-9(7)15-8(16-17)5-1-2-5/h3-5H,1-2H2. The van der Waals surface area contributed by atoms with Crippen LogP contribution in [-0.4, -0.2) is 14.6 Å². The van der Waals surface area contributed by atoms with E-state index in [1.165, 1.54) is 10.7 Å². The maximum Gasteiger partial charge on any atom is 0.418 e. The Balaban J connectivity index is 2.19. The zero-order chi connectivity index (χ0) is 12.2. The molecule has 0 aromatic carbocycles. The topological polar surface area (TPSA) is 30.2 Å². The zero-order valence-corrected chi connectivity index (χ0v) is 9.26. The van der Waals surface area contributed by atoms with E-state index in [0.717, 1.165) is 18.9 Å². The summed E-state index contributed by atoms with van der Waals surface area (Å²) < 4.78 is 39.1. The van der Waals surface area contributed by atoms with E-state index in [1.54, 1.807) is 0 Å². The van der Waals surface area contributed by atoms with E-state index in [0.29, 0.717) is 5.82 Å². The molecule has 0 unspecified atom stereocenters. The van der Waals surface area contributed by atoms with Crippen LogP contribution in [0.1, 0.15) is 30.1 Å². The van der Waals surface area contributed by atoms with Gasteiger partial charge in [0, 0.05) is 12.1 Å². The lowest BCUT2D eigenvalue weighted by Crippen LogP contribution is -2.07. The minimum absolute atomic E-state index is 0.0726. The average Bonchev–Trinajstić information content (AvgIpc) is 2.97. The van der Waals surface area contributed by atoms with Crippen LogP contribution in [0.3, 0.4) is 0 Å². The molecule has 3 rings (SSSR count). The molecule has 1 fully saturated rings. The van der Waals surface area contributed by atoms with Gasteiger partial charge < -0.3 is 0 Å². The lowest BCUT2D eigenvalue weighted by atomic mass is 10.2. The first-order chi connectivity index (χ1) is 7.97. The van der Waals surface area contributed by atoms with Crippen molar-refractivity contribution < 1.29 is 13.2 Å². The number of aromatic nitrogens is 3. The van der Waals surface area contributed by atoms with E-state index in [2.05, 4.69) is 10.1 Å². The van der Waals surface area contributed by atoms with Crippen molar-refractivity contribution >= 4 is 17.2 Å². The molecule has 2 heterocycles. The molecule has 2 aromatic rings. The van der Waals surface area contributed by atoms with Crippen molar-refractivity contribution in [1.82, 2.24) is 14.6 Å². The minimum atomic E-state index is -4.47. The van der Waals surface area contributed by atoms with Gasteiger partial charge in [0.2, 0.25) is 0 Å². The molecule has 7 heteroatoms. The maximum atomic E-state index is 12.6. The Morgan fingerprint density at radius 2 is 2.06 bits per heavy atom. The Morgan fingerprint density at radius 3 is 2.65 bits per heavy atom. The second-order valence-electron chi connectivity index (χ2n) is 4.05. The van der Waals surface area contributed by atoms with E-state index < -0.39 is 11.7 Å². The highest BCUT2D eigenvalue weighted by Crippen LogP contribution is 2.40. The van der Waals surface area contributed by atoms with Crippen molar-refractivity contribution in [1.29, 1.82) is 0 Å². The number of halogens is 4. The summed E-state index contributed by atoms with van der Waals surface area (Å²) in [4.78, 5) is 4.07. The van der Waals surface area contributed by atoms with Crippen molar-refractivity contribution in [3.05, 3.63) is 28.7 Å². The third kappa shape index (κ3) is 1.76. The Bertz CT molecular complexity index is 586. The van der Waals surface area contributed by atoms with Crippen molar-refractivity contribution in [2.24, 2.45) is 0 Å². The highest BCUT2D eigenvalue weighted by molar-refractivity contribution is 6.34. The molecule has 0 aliphatic heterocycles. The van der Waals surface area contributed by atoms with Gasteiger partial charge in [-0.15, -0.1) is 0 Å². The third-order valence-electron chi connectivity index (χ3n) is 2.71. The molecule has 0 spiro atoms. The molecule has 0 bridgehead atoms. The van der Waals surface area contributed by atoms with Crippen molar-refractivity contribution in [3.63, 3.8) is 0 Å². The average molecular weight is 262 g/mol. The Kier molecular flexibility index (Phi) is 2.13. The molecule has 3 nitrogen and oxygen atoms in total. The summed E-state index contributed by atoms with van der Waals surface area (Å²) in [5.41, 5.74) is -0.801. The number of hydrogen-bond acceptors (Lipinski definition) is 2. The summed E-state index contributed by atoms with van der Waals surface area (Å²) in [5, 5.41) is 3.72. The van der Waals surface area contributed by atoms with Crippen LogP contribution in [0, 0.1) is 0 Å². The van der Waals surface area contributed by atoms with Gasteiger partial charge in [-0.3, -0.25) is 0 Å². The zero-order valence-electron chi connectivity index (χ0n) is 8.50. The van der Waals surface area contributed by atoms with Gasteiger partial charge in [-0.1, -0.05) is 11.6 Å². The fourth-order valence-corrected chi connectivity index (χ4v) is 1.96. The molecule has 1 saturated carbocycles. The molecule has 1 aliphatic carbocycles. The van der Waals surface area contributed by atoms with Crippen LogP contribution in [0.15, 0.2) is 12.3 Å². The van der Waals surface area contributed by atoms with Crippen LogP contribution in [0.2, 0.25) is 5.02 Å². The van der Waals surface area contributed by atoms with Crippen molar-refractivity contribution in [2.75, 3.05) is 0 Å². The van der Waals surface area contributed by atoms with Crippen LogP contribution in [-0.2, 0) is 6.18 Å². The molecule has 0 N–H and O–H groups in total. The lowest BCUT2D eigenvalue weighted by molar-refractivity contribution is -0.137. The van der Waals surface area contributed by atoms with Gasteiger partial charge in [0.1, 0.15) is 0 Å². The quantitative estimate of drug-likeness (QED) is 0.789. The molecule has 0 atom stereocenters. The van der Waals surface area contributed by atoms with Gasteiger partial charge in [-0.2, -0.15) is 18.3 Å².